The Morgan fingerprint density at radius 2 is 2.04 bits per heavy atom. The molecule has 0 saturated carbocycles. The summed E-state index contributed by atoms with van der Waals surface area (Å²) in [6.07, 6.45) is 3.15. The molecule has 0 fully saturated rings. The first kappa shape index (κ1) is 16.7. The minimum atomic E-state index is -0.200. The molecule has 0 aliphatic rings. The zero-order valence-electron chi connectivity index (χ0n) is 14.2. The topological polar surface area (TPSA) is 69.0 Å². The Morgan fingerprint density at radius 1 is 1.20 bits per heavy atom. The fourth-order valence-electron chi connectivity index (χ4n) is 2.46. The number of anilines is 1. The second-order valence-corrected chi connectivity index (χ2v) is 5.91. The molecule has 1 amide bonds. The van der Waals surface area contributed by atoms with E-state index in [1.165, 1.54) is 6.33 Å². The molecule has 1 heterocycles. The predicted octanol–water partition coefficient (Wildman–Crippen LogP) is 3.37. The van der Waals surface area contributed by atoms with Crippen LogP contribution in [-0.2, 0) is 6.54 Å². The molecule has 0 unspecified atom stereocenters. The Bertz CT molecular complexity index is 844. The molecule has 0 spiro atoms. The van der Waals surface area contributed by atoms with Crippen LogP contribution >= 0.6 is 0 Å². The monoisotopic (exact) mass is 336 g/mol. The number of nitrogens with zero attached hydrogens (tertiary/aromatic N) is 3. The summed E-state index contributed by atoms with van der Waals surface area (Å²) in [4.78, 5) is 16.6. The van der Waals surface area contributed by atoms with Gasteiger partial charge in [0.2, 0.25) is 0 Å². The van der Waals surface area contributed by atoms with E-state index in [0.29, 0.717) is 17.9 Å². The van der Waals surface area contributed by atoms with E-state index >= 15 is 0 Å². The fourth-order valence-corrected chi connectivity index (χ4v) is 2.46. The molecule has 1 aromatic heterocycles. The summed E-state index contributed by atoms with van der Waals surface area (Å²) in [5.41, 5.74) is 2.26. The SMILES string of the molecule is CC(C)Oc1ccccc1C(=O)Nc1cccc(Cn2cncn2)c1. The van der Waals surface area contributed by atoms with Crippen molar-refractivity contribution in [2.75, 3.05) is 5.32 Å². The summed E-state index contributed by atoms with van der Waals surface area (Å²) in [6, 6.07) is 14.9. The average Bonchev–Trinajstić information content (AvgIpc) is 3.08. The van der Waals surface area contributed by atoms with Gasteiger partial charge in [-0.1, -0.05) is 24.3 Å². The third-order valence-electron chi connectivity index (χ3n) is 3.49. The zero-order chi connectivity index (χ0) is 17.6. The van der Waals surface area contributed by atoms with Crippen molar-refractivity contribution in [1.29, 1.82) is 0 Å². The molecular formula is C19H20N4O2. The van der Waals surface area contributed by atoms with Gasteiger partial charge in [-0.2, -0.15) is 5.10 Å². The summed E-state index contributed by atoms with van der Waals surface area (Å²) in [7, 11) is 0. The minimum Gasteiger partial charge on any atom is -0.490 e. The highest BCUT2D eigenvalue weighted by molar-refractivity contribution is 6.06. The Kier molecular flexibility index (Phi) is 5.09. The van der Waals surface area contributed by atoms with Crippen LogP contribution in [0.1, 0.15) is 29.8 Å². The van der Waals surface area contributed by atoms with E-state index in [0.717, 1.165) is 11.3 Å². The Labute approximate surface area is 146 Å². The fraction of sp³-hybridized carbons (Fsp3) is 0.211. The number of hydrogen-bond acceptors (Lipinski definition) is 4. The summed E-state index contributed by atoms with van der Waals surface area (Å²) in [6.45, 7) is 4.46. The first-order valence-corrected chi connectivity index (χ1v) is 8.10. The summed E-state index contributed by atoms with van der Waals surface area (Å²) in [5.74, 6) is 0.378. The van der Waals surface area contributed by atoms with Gasteiger partial charge in [0.15, 0.2) is 0 Å². The van der Waals surface area contributed by atoms with Crippen molar-refractivity contribution in [2.45, 2.75) is 26.5 Å². The van der Waals surface area contributed by atoms with Crippen molar-refractivity contribution in [2.24, 2.45) is 0 Å². The number of carbonyl (C=O) groups is 1. The molecule has 3 aromatic rings. The lowest BCUT2D eigenvalue weighted by atomic mass is 10.1. The molecule has 25 heavy (non-hydrogen) atoms. The summed E-state index contributed by atoms with van der Waals surface area (Å²) < 4.78 is 7.45. The molecule has 0 atom stereocenters. The number of hydrogen-bond donors (Lipinski definition) is 1. The van der Waals surface area contributed by atoms with Gasteiger partial charge in [-0.05, 0) is 43.7 Å². The molecule has 2 aromatic carbocycles. The van der Waals surface area contributed by atoms with Crippen LogP contribution in [0.3, 0.4) is 0 Å². The molecule has 0 bridgehead atoms. The number of aromatic nitrogens is 3. The number of benzene rings is 2. The molecule has 3 rings (SSSR count). The molecule has 0 saturated heterocycles. The van der Waals surface area contributed by atoms with E-state index in [2.05, 4.69) is 15.4 Å². The summed E-state index contributed by atoms with van der Waals surface area (Å²) >= 11 is 0. The molecule has 6 nitrogen and oxygen atoms in total. The van der Waals surface area contributed by atoms with Crippen LogP contribution in [0, 0.1) is 0 Å². The normalized spacial score (nSPS) is 10.7. The van der Waals surface area contributed by atoms with Gasteiger partial charge in [-0.25, -0.2) is 9.67 Å². The number of carbonyl (C=O) groups excluding carboxylic acids is 1. The molecule has 128 valence electrons. The number of ether oxygens (including phenoxy) is 1. The van der Waals surface area contributed by atoms with Crippen LogP contribution < -0.4 is 10.1 Å². The number of rotatable bonds is 6. The van der Waals surface area contributed by atoms with Crippen molar-refractivity contribution in [3.8, 4) is 5.75 Å². The number of para-hydroxylation sites is 1. The van der Waals surface area contributed by atoms with Gasteiger partial charge < -0.3 is 10.1 Å². The number of nitrogens with one attached hydrogen (secondary N) is 1. The maximum atomic E-state index is 12.6. The van der Waals surface area contributed by atoms with Gasteiger partial charge in [-0.15, -0.1) is 0 Å². The van der Waals surface area contributed by atoms with Crippen LogP contribution in [0.15, 0.2) is 61.2 Å². The van der Waals surface area contributed by atoms with Gasteiger partial charge in [0.25, 0.3) is 5.91 Å². The minimum absolute atomic E-state index is 0.0000388. The van der Waals surface area contributed by atoms with Crippen molar-refractivity contribution >= 4 is 11.6 Å². The van der Waals surface area contributed by atoms with Gasteiger partial charge >= 0.3 is 0 Å². The van der Waals surface area contributed by atoms with Gasteiger partial charge in [0.1, 0.15) is 18.4 Å². The first-order valence-electron chi connectivity index (χ1n) is 8.10. The lowest BCUT2D eigenvalue weighted by molar-refractivity contribution is 0.102. The molecule has 1 N–H and O–H groups in total. The van der Waals surface area contributed by atoms with Crippen molar-refractivity contribution in [3.63, 3.8) is 0 Å². The average molecular weight is 336 g/mol. The molecule has 6 heteroatoms. The highest BCUT2D eigenvalue weighted by Gasteiger charge is 2.13. The van der Waals surface area contributed by atoms with Crippen LogP contribution in [0.4, 0.5) is 5.69 Å². The quantitative estimate of drug-likeness (QED) is 0.749. The Hall–Kier alpha value is -3.15. The zero-order valence-corrected chi connectivity index (χ0v) is 14.2. The first-order chi connectivity index (χ1) is 12.1. The van der Waals surface area contributed by atoms with Crippen molar-refractivity contribution in [1.82, 2.24) is 14.8 Å². The van der Waals surface area contributed by atoms with E-state index in [1.807, 2.05) is 50.2 Å². The van der Waals surface area contributed by atoms with Crippen LogP contribution in [-0.4, -0.2) is 26.8 Å². The lowest BCUT2D eigenvalue weighted by Gasteiger charge is -2.14. The Balaban J connectivity index is 1.75. The standard InChI is InChI=1S/C19H20N4O2/c1-14(2)25-18-9-4-3-8-17(18)19(24)22-16-7-5-6-15(10-16)11-23-13-20-12-21-23/h3-10,12-14H,11H2,1-2H3,(H,22,24). The molecule has 0 aliphatic heterocycles. The van der Waals surface area contributed by atoms with Gasteiger partial charge in [0, 0.05) is 5.69 Å². The lowest BCUT2D eigenvalue weighted by Crippen LogP contribution is -2.15. The van der Waals surface area contributed by atoms with E-state index in [4.69, 9.17) is 4.74 Å². The van der Waals surface area contributed by atoms with Gasteiger partial charge in [-0.3, -0.25) is 4.79 Å². The Morgan fingerprint density at radius 3 is 2.80 bits per heavy atom. The number of amides is 1. The highest BCUT2D eigenvalue weighted by Crippen LogP contribution is 2.21. The van der Waals surface area contributed by atoms with Crippen LogP contribution in [0.5, 0.6) is 5.75 Å². The second-order valence-electron chi connectivity index (χ2n) is 5.91. The van der Waals surface area contributed by atoms with Crippen LogP contribution in [0.2, 0.25) is 0 Å². The van der Waals surface area contributed by atoms with Gasteiger partial charge in [0.05, 0.1) is 18.2 Å². The third-order valence-corrected chi connectivity index (χ3v) is 3.49. The van der Waals surface area contributed by atoms with E-state index in [1.54, 1.807) is 23.1 Å². The molecular weight excluding hydrogens is 316 g/mol. The van der Waals surface area contributed by atoms with Crippen molar-refractivity contribution < 1.29 is 9.53 Å². The second kappa shape index (κ2) is 7.61. The van der Waals surface area contributed by atoms with Crippen molar-refractivity contribution in [3.05, 3.63) is 72.3 Å². The molecule has 0 radical (unpaired) electrons. The largest absolute Gasteiger partial charge is 0.490 e. The predicted molar refractivity (Wildman–Crippen MR) is 95.7 cm³/mol. The van der Waals surface area contributed by atoms with E-state index in [-0.39, 0.29) is 12.0 Å². The third kappa shape index (κ3) is 4.44. The van der Waals surface area contributed by atoms with Crippen LogP contribution in [0.25, 0.3) is 0 Å². The maximum absolute atomic E-state index is 12.6. The van der Waals surface area contributed by atoms with E-state index in [9.17, 15) is 4.79 Å². The summed E-state index contributed by atoms with van der Waals surface area (Å²) in [5, 5.41) is 7.02. The molecule has 0 aliphatic carbocycles. The maximum Gasteiger partial charge on any atom is 0.259 e. The van der Waals surface area contributed by atoms with E-state index < -0.39 is 0 Å². The smallest absolute Gasteiger partial charge is 0.259 e. The highest BCUT2D eigenvalue weighted by atomic mass is 16.5.